The van der Waals surface area contributed by atoms with Crippen molar-refractivity contribution in [2.75, 3.05) is 31.3 Å². The molecule has 1 atom stereocenters. The van der Waals surface area contributed by atoms with E-state index >= 15 is 0 Å². The van der Waals surface area contributed by atoms with E-state index < -0.39 is 12.2 Å². The highest BCUT2D eigenvalue weighted by atomic mass is 16.6. The molecule has 96 valence electrons. The van der Waals surface area contributed by atoms with Crippen molar-refractivity contribution in [2.24, 2.45) is 0 Å². The summed E-state index contributed by atoms with van der Waals surface area (Å²) in [6.45, 7) is 1.20. The molecule has 2 aliphatic heterocycles. The zero-order valence-corrected chi connectivity index (χ0v) is 9.67. The molecule has 0 unspecified atom stereocenters. The fourth-order valence-electron chi connectivity index (χ4n) is 2.03. The van der Waals surface area contributed by atoms with Crippen molar-refractivity contribution in [3.8, 4) is 11.5 Å². The average molecular weight is 251 g/mol. The molecule has 1 aromatic carbocycles. The molecule has 1 aromatic rings. The first kappa shape index (κ1) is 11.2. The molecule has 1 saturated heterocycles. The Morgan fingerprint density at radius 1 is 1.28 bits per heavy atom. The van der Waals surface area contributed by atoms with E-state index in [0.717, 1.165) is 0 Å². The van der Waals surface area contributed by atoms with Gasteiger partial charge in [-0.3, -0.25) is 4.90 Å². The number of hydrogen-bond donors (Lipinski definition) is 1. The Balaban J connectivity index is 1.86. The lowest BCUT2D eigenvalue weighted by molar-refractivity contribution is 0.0963. The standard InChI is InChI=1S/C12H13NO5/c14-7-9-6-13(12(15)18-9)8-1-2-10-11(5-8)17-4-3-16-10/h1-2,5,9,14H,3-4,6-7H2/t9-/m0/s1. The largest absolute Gasteiger partial charge is 0.486 e. The molecule has 1 amide bonds. The summed E-state index contributed by atoms with van der Waals surface area (Å²) < 4.78 is 15.9. The first-order valence-electron chi connectivity index (χ1n) is 5.76. The van der Waals surface area contributed by atoms with Gasteiger partial charge in [0.2, 0.25) is 0 Å². The fourth-order valence-corrected chi connectivity index (χ4v) is 2.03. The summed E-state index contributed by atoms with van der Waals surface area (Å²) in [5.41, 5.74) is 0.681. The van der Waals surface area contributed by atoms with E-state index in [1.165, 1.54) is 4.90 Å². The number of fused-ring (bicyclic) bond motifs is 1. The molecule has 2 aliphatic rings. The van der Waals surface area contributed by atoms with Crippen LogP contribution >= 0.6 is 0 Å². The van der Waals surface area contributed by atoms with Crippen LogP contribution in [0.15, 0.2) is 18.2 Å². The topological polar surface area (TPSA) is 68.2 Å². The van der Waals surface area contributed by atoms with Crippen LogP contribution in [0.2, 0.25) is 0 Å². The van der Waals surface area contributed by atoms with Gasteiger partial charge in [-0.05, 0) is 12.1 Å². The Labute approximate surface area is 104 Å². The van der Waals surface area contributed by atoms with Gasteiger partial charge in [-0.1, -0.05) is 0 Å². The number of carbonyl (C=O) groups excluding carboxylic acids is 1. The Bertz CT molecular complexity index is 476. The smallest absolute Gasteiger partial charge is 0.414 e. The Hall–Kier alpha value is -1.95. The highest BCUT2D eigenvalue weighted by molar-refractivity contribution is 5.90. The Morgan fingerprint density at radius 3 is 2.78 bits per heavy atom. The number of hydrogen-bond acceptors (Lipinski definition) is 5. The van der Waals surface area contributed by atoms with Crippen molar-refractivity contribution < 1.29 is 24.1 Å². The van der Waals surface area contributed by atoms with Gasteiger partial charge in [0.1, 0.15) is 19.3 Å². The quantitative estimate of drug-likeness (QED) is 0.841. The number of ether oxygens (including phenoxy) is 3. The highest BCUT2D eigenvalue weighted by Gasteiger charge is 2.32. The van der Waals surface area contributed by atoms with Crippen LogP contribution in [0.5, 0.6) is 11.5 Å². The molecule has 0 aliphatic carbocycles. The van der Waals surface area contributed by atoms with Crippen LogP contribution in [0.4, 0.5) is 10.5 Å². The third-order valence-corrected chi connectivity index (χ3v) is 2.92. The molecule has 0 bridgehead atoms. The molecule has 6 nitrogen and oxygen atoms in total. The van der Waals surface area contributed by atoms with Crippen molar-refractivity contribution in [2.45, 2.75) is 6.10 Å². The lowest BCUT2D eigenvalue weighted by atomic mass is 10.2. The first-order chi connectivity index (χ1) is 8.78. The van der Waals surface area contributed by atoms with Crippen LogP contribution in [0.1, 0.15) is 0 Å². The van der Waals surface area contributed by atoms with Gasteiger partial charge >= 0.3 is 6.09 Å². The monoisotopic (exact) mass is 251 g/mol. The summed E-state index contributed by atoms with van der Waals surface area (Å²) in [5.74, 6) is 1.30. The number of nitrogens with zero attached hydrogens (tertiary/aromatic N) is 1. The van der Waals surface area contributed by atoms with Crippen molar-refractivity contribution in [1.82, 2.24) is 0 Å². The maximum Gasteiger partial charge on any atom is 0.414 e. The molecule has 2 heterocycles. The summed E-state index contributed by atoms with van der Waals surface area (Å²) in [4.78, 5) is 13.1. The highest BCUT2D eigenvalue weighted by Crippen LogP contribution is 2.35. The molecule has 1 N–H and O–H groups in total. The van der Waals surface area contributed by atoms with Crippen LogP contribution in [0.25, 0.3) is 0 Å². The minimum Gasteiger partial charge on any atom is -0.486 e. The predicted octanol–water partition coefficient (Wildman–Crippen LogP) is 0.775. The second-order valence-electron chi connectivity index (χ2n) is 4.13. The maximum atomic E-state index is 11.6. The number of carbonyl (C=O) groups is 1. The minimum absolute atomic E-state index is 0.174. The molecule has 0 radical (unpaired) electrons. The van der Waals surface area contributed by atoms with Gasteiger partial charge in [-0.15, -0.1) is 0 Å². The number of aliphatic hydroxyl groups excluding tert-OH is 1. The number of rotatable bonds is 2. The van der Waals surface area contributed by atoms with E-state index in [-0.39, 0.29) is 6.61 Å². The van der Waals surface area contributed by atoms with Gasteiger partial charge in [0.25, 0.3) is 0 Å². The van der Waals surface area contributed by atoms with E-state index in [1.54, 1.807) is 18.2 Å². The average Bonchev–Trinajstić information content (AvgIpc) is 2.79. The summed E-state index contributed by atoms with van der Waals surface area (Å²) in [5, 5.41) is 8.99. The number of amides is 1. The van der Waals surface area contributed by atoms with Crippen LogP contribution in [-0.4, -0.2) is 43.7 Å². The lowest BCUT2D eigenvalue weighted by Gasteiger charge is -2.20. The molecule has 0 aromatic heterocycles. The SMILES string of the molecule is O=C1O[C@H](CO)CN1c1ccc2c(c1)OCCO2. The van der Waals surface area contributed by atoms with E-state index in [1.807, 2.05) is 0 Å². The summed E-state index contributed by atoms with van der Waals surface area (Å²) in [6, 6.07) is 5.29. The third kappa shape index (κ3) is 1.84. The van der Waals surface area contributed by atoms with Crippen LogP contribution in [0, 0.1) is 0 Å². The summed E-state index contributed by atoms with van der Waals surface area (Å²) in [7, 11) is 0. The number of cyclic esters (lactones) is 1. The number of anilines is 1. The van der Waals surface area contributed by atoms with E-state index in [4.69, 9.17) is 19.3 Å². The van der Waals surface area contributed by atoms with Crippen molar-refractivity contribution in [1.29, 1.82) is 0 Å². The van der Waals surface area contributed by atoms with Crippen LogP contribution in [0.3, 0.4) is 0 Å². The van der Waals surface area contributed by atoms with Gasteiger partial charge in [0.15, 0.2) is 11.5 Å². The minimum atomic E-state index is -0.467. The lowest BCUT2D eigenvalue weighted by Crippen LogP contribution is -2.25. The molecular formula is C12H13NO5. The molecule has 1 fully saturated rings. The molecule has 18 heavy (non-hydrogen) atoms. The second kappa shape index (κ2) is 4.38. The summed E-state index contributed by atoms with van der Waals surface area (Å²) >= 11 is 0. The van der Waals surface area contributed by atoms with Crippen LogP contribution < -0.4 is 14.4 Å². The number of aliphatic hydroxyl groups is 1. The zero-order chi connectivity index (χ0) is 12.5. The number of benzene rings is 1. The van der Waals surface area contributed by atoms with E-state index in [2.05, 4.69) is 0 Å². The zero-order valence-electron chi connectivity index (χ0n) is 9.67. The van der Waals surface area contributed by atoms with Crippen molar-refractivity contribution >= 4 is 11.8 Å². The molecular weight excluding hydrogens is 238 g/mol. The normalized spacial score (nSPS) is 21.9. The van der Waals surface area contributed by atoms with E-state index in [9.17, 15) is 4.79 Å². The van der Waals surface area contributed by atoms with E-state index in [0.29, 0.717) is 36.9 Å². The van der Waals surface area contributed by atoms with Crippen molar-refractivity contribution in [3.63, 3.8) is 0 Å². The maximum absolute atomic E-state index is 11.6. The second-order valence-corrected chi connectivity index (χ2v) is 4.13. The van der Waals surface area contributed by atoms with Gasteiger partial charge in [-0.25, -0.2) is 4.79 Å². The third-order valence-electron chi connectivity index (χ3n) is 2.92. The van der Waals surface area contributed by atoms with Crippen molar-refractivity contribution in [3.05, 3.63) is 18.2 Å². The molecule has 6 heteroatoms. The molecule has 0 saturated carbocycles. The van der Waals surface area contributed by atoms with Gasteiger partial charge in [0.05, 0.1) is 18.8 Å². The van der Waals surface area contributed by atoms with Crippen LogP contribution in [-0.2, 0) is 4.74 Å². The predicted molar refractivity (Wildman–Crippen MR) is 62.1 cm³/mol. The summed E-state index contributed by atoms with van der Waals surface area (Å²) in [6.07, 6.45) is -0.920. The fraction of sp³-hybridized carbons (Fsp3) is 0.417. The van der Waals surface area contributed by atoms with Gasteiger partial charge in [-0.2, -0.15) is 0 Å². The Kier molecular flexibility index (Phi) is 2.71. The van der Waals surface area contributed by atoms with Gasteiger partial charge in [0, 0.05) is 6.07 Å². The molecule has 0 spiro atoms. The first-order valence-corrected chi connectivity index (χ1v) is 5.76. The molecule has 3 rings (SSSR count). The van der Waals surface area contributed by atoms with Gasteiger partial charge < -0.3 is 19.3 Å². The Morgan fingerprint density at radius 2 is 2.06 bits per heavy atom.